The van der Waals surface area contributed by atoms with Crippen LogP contribution in [-0.4, -0.2) is 20.4 Å². The second kappa shape index (κ2) is 7.51. The number of rotatable bonds is 5. The first kappa shape index (κ1) is 20.0. The third-order valence-corrected chi connectivity index (χ3v) is 4.66. The van der Waals surface area contributed by atoms with Crippen LogP contribution < -0.4 is 0 Å². The maximum absolute atomic E-state index is 12.8. The van der Waals surface area contributed by atoms with Crippen molar-refractivity contribution in [3.63, 3.8) is 0 Å². The van der Waals surface area contributed by atoms with Gasteiger partial charge in [0.25, 0.3) is 0 Å². The summed E-state index contributed by atoms with van der Waals surface area (Å²) >= 11 is 5.69. The van der Waals surface area contributed by atoms with Gasteiger partial charge in [0, 0.05) is 5.02 Å². The van der Waals surface area contributed by atoms with Gasteiger partial charge in [-0.15, -0.1) is 0 Å². The SMILES string of the molecule is Cc1ccc(S(=O)(=O)O/C(=C\c2ccc(Cl)cc2)C(=O)C(F)(F)F)cc1. The number of allylic oxidation sites excluding steroid dienone is 1. The summed E-state index contributed by atoms with van der Waals surface area (Å²) < 4.78 is 67.4. The van der Waals surface area contributed by atoms with Gasteiger partial charge in [0.05, 0.1) is 0 Å². The second-order valence-electron chi connectivity index (χ2n) is 5.24. The van der Waals surface area contributed by atoms with E-state index in [-0.39, 0.29) is 10.5 Å². The first-order chi connectivity index (χ1) is 12.0. The maximum atomic E-state index is 12.8. The lowest BCUT2D eigenvalue weighted by Gasteiger charge is -2.12. The monoisotopic (exact) mass is 404 g/mol. The zero-order valence-corrected chi connectivity index (χ0v) is 14.8. The number of ketones is 1. The Morgan fingerprint density at radius 3 is 2.08 bits per heavy atom. The molecule has 0 aliphatic heterocycles. The molecule has 2 aromatic rings. The molecule has 0 aliphatic carbocycles. The van der Waals surface area contributed by atoms with E-state index in [4.69, 9.17) is 11.6 Å². The fourth-order valence-electron chi connectivity index (χ4n) is 1.85. The standard InChI is InChI=1S/C17H12ClF3O4S/c1-11-2-8-14(9-3-11)26(23,24)25-15(16(22)17(19,20)21)10-12-4-6-13(18)7-5-12/h2-10H,1H3/b15-10-. The van der Waals surface area contributed by atoms with Gasteiger partial charge in [-0.3, -0.25) is 4.79 Å². The Labute approximate surface area is 153 Å². The summed E-state index contributed by atoms with van der Waals surface area (Å²) in [5.41, 5.74) is 0.855. The molecule has 0 saturated carbocycles. The summed E-state index contributed by atoms with van der Waals surface area (Å²) in [4.78, 5) is 11.2. The quantitative estimate of drug-likeness (QED) is 0.417. The van der Waals surface area contributed by atoms with E-state index >= 15 is 0 Å². The molecule has 138 valence electrons. The summed E-state index contributed by atoms with van der Waals surface area (Å²) in [6.07, 6.45) is -4.61. The summed E-state index contributed by atoms with van der Waals surface area (Å²) in [6.45, 7) is 1.70. The molecule has 0 heterocycles. The zero-order valence-electron chi connectivity index (χ0n) is 13.2. The fraction of sp³-hybridized carbons (Fsp3) is 0.118. The van der Waals surface area contributed by atoms with E-state index in [1.807, 2.05) is 0 Å². The highest BCUT2D eigenvalue weighted by atomic mass is 35.5. The van der Waals surface area contributed by atoms with Crippen LogP contribution in [0.3, 0.4) is 0 Å². The van der Waals surface area contributed by atoms with Crippen molar-refractivity contribution in [2.45, 2.75) is 18.0 Å². The van der Waals surface area contributed by atoms with Crippen molar-refractivity contribution in [2.24, 2.45) is 0 Å². The van der Waals surface area contributed by atoms with Gasteiger partial charge in [-0.05, 0) is 42.8 Å². The molecule has 26 heavy (non-hydrogen) atoms. The van der Waals surface area contributed by atoms with Crippen molar-refractivity contribution in [3.05, 3.63) is 70.4 Å². The Morgan fingerprint density at radius 2 is 1.58 bits per heavy atom. The van der Waals surface area contributed by atoms with E-state index < -0.39 is 27.8 Å². The molecule has 0 aromatic heterocycles. The predicted octanol–water partition coefficient (Wildman–Crippen LogP) is 4.53. The molecule has 0 N–H and O–H groups in total. The van der Waals surface area contributed by atoms with E-state index in [2.05, 4.69) is 4.18 Å². The molecule has 0 atom stereocenters. The van der Waals surface area contributed by atoms with E-state index in [0.29, 0.717) is 11.1 Å². The normalized spacial score (nSPS) is 12.7. The number of carbonyl (C=O) groups excluding carboxylic acids is 1. The molecule has 0 unspecified atom stereocenters. The molecule has 0 aliphatic rings. The Morgan fingerprint density at radius 1 is 1.04 bits per heavy atom. The van der Waals surface area contributed by atoms with E-state index in [0.717, 1.165) is 5.56 Å². The second-order valence-corrected chi connectivity index (χ2v) is 7.22. The topological polar surface area (TPSA) is 60.4 Å². The van der Waals surface area contributed by atoms with Crippen LogP contribution in [0.2, 0.25) is 5.02 Å². The highest BCUT2D eigenvalue weighted by Gasteiger charge is 2.43. The number of aryl methyl sites for hydroxylation is 1. The van der Waals surface area contributed by atoms with Gasteiger partial charge in [-0.25, -0.2) is 0 Å². The van der Waals surface area contributed by atoms with Gasteiger partial charge in [0.2, 0.25) is 0 Å². The van der Waals surface area contributed by atoms with Gasteiger partial charge in [0.1, 0.15) is 4.90 Å². The fourth-order valence-corrected chi connectivity index (χ4v) is 2.90. The van der Waals surface area contributed by atoms with Gasteiger partial charge >= 0.3 is 22.1 Å². The van der Waals surface area contributed by atoms with Crippen molar-refractivity contribution in [2.75, 3.05) is 0 Å². The van der Waals surface area contributed by atoms with Crippen molar-refractivity contribution >= 4 is 33.6 Å². The molecule has 2 aromatic carbocycles. The van der Waals surface area contributed by atoms with Crippen molar-refractivity contribution in [3.8, 4) is 0 Å². The summed E-state index contributed by atoms with van der Waals surface area (Å²) in [7, 11) is -4.63. The third kappa shape index (κ3) is 5.09. The lowest BCUT2D eigenvalue weighted by molar-refractivity contribution is -0.168. The van der Waals surface area contributed by atoms with E-state index in [1.54, 1.807) is 6.92 Å². The molecule has 0 saturated heterocycles. The number of halogens is 4. The van der Waals surface area contributed by atoms with Crippen LogP contribution in [0.5, 0.6) is 0 Å². The summed E-state index contributed by atoms with van der Waals surface area (Å²) in [5.74, 6) is -3.77. The van der Waals surface area contributed by atoms with Crippen LogP contribution in [-0.2, 0) is 19.1 Å². The average Bonchev–Trinajstić information content (AvgIpc) is 2.55. The minimum Gasteiger partial charge on any atom is -0.375 e. The molecule has 0 bridgehead atoms. The Kier molecular flexibility index (Phi) is 5.77. The van der Waals surface area contributed by atoms with Crippen LogP contribution in [0.25, 0.3) is 6.08 Å². The van der Waals surface area contributed by atoms with Gasteiger partial charge in [0.15, 0.2) is 5.76 Å². The predicted molar refractivity (Wildman–Crippen MR) is 89.9 cm³/mol. The Balaban J connectivity index is 2.45. The Bertz CT molecular complexity index is 931. The summed E-state index contributed by atoms with van der Waals surface area (Å²) in [5, 5.41) is 0.319. The number of Topliss-reactive ketones (excluding diaryl/α,β-unsaturated/α-hetero) is 1. The molecule has 0 amide bonds. The molecule has 9 heteroatoms. The van der Waals surface area contributed by atoms with Gasteiger partial charge in [-0.2, -0.15) is 21.6 Å². The van der Waals surface area contributed by atoms with Crippen molar-refractivity contribution in [1.29, 1.82) is 0 Å². The minimum absolute atomic E-state index is 0.112. The zero-order chi connectivity index (χ0) is 19.5. The first-order valence-electron chi connectivity index (χ1n) is 7.09. The molecule has 0 spiro atoms. The number of benzene rings is 2. The molecule has 0 fully saturated rings. The first-order valence-corrected chi connectivity index (χ1v) is 8.87. The number of alkyl halides is 3. The highest BCUT2D eigenvalue weighted by molar-refractivity contribution is 7.86. The smallest absolute Gasteiger partial charge is 0.375 e. The van der Waals surface area contributed by atoms with Crippen LogP contribution in [0.15, 0.2) is 59.2 Å². The van der Waals surface area contributed by atoms with Gasteiger partial charge < -0.3 is 4.18 Å². The lowest BCUT2D eigenvalue weighted by Crippen LogP contribution is -2.27. The molecule has 0 radical (unpaired) electrons. The molecular formula is C17H12ClF3O4S. The number of hydrogen-bond donors (Lipinski definition) is 0. The van der Waals surface area contributed by atoms with Crippen molar-refractivity contribution in [1.82, 2.24) is 0 Å². The van der Waals surface area contributed by atoms with Crippen LogP contribution >= 0.6 is 11.6 Å². The number of hydrogen-bond acceptors (Lipinski definition) is 4. The van der Waals surface area contributed by atoms with Crippen LogP contribution in [0.1, 0.15) is 11.1 Å². The van der Waals surface area contributed by atoms with Gasteiger partial charge in [-0.1, -0.05) is 41.4 Å². The molecule has 2 rings (SSSR count). The third-order valence-electron chi connectivity index (χ3n) is 3.16. The molecule has 4 nitrogen and oxygen atoms in total. The summed E-state index contributed by atoms with van der Waals surface area (Å²) in [6, 6.07) is 10.6. The van der Waals surface area contributed by atoms with Crippen LogP contribution in [0, 0.1) is 6.92 Å². The van der Waals surface area contributed by atoms with Crippen LogP contribution in [0.4, 0.5) is 13.2 Å². The number of carbonyl (C=O) groups is 1. The van der Waals surface area contributed by atoms with Crippen molar-refractivity contribution < 1.29 is 30.6 Å². The average molecular weight is 405 g/mol. The van der Waals surface area contributed by atoms with E-state index in [1.165, 1.54) is 48.5 Å². The molecular weight excluding hydrogens is 393 g/mol. The highest BCUT2D eigenvalue weighted by Crippen LogP contribution is 2.26. The maximum Gasteiger partial charge on any atom is 0.458 e. The minimum atomic E-state index is -5.30. The largest absolute Gasteiger partial charge is 0.458 e. The van der Waals surface area contributed by atoms with E-state index in [9.17, 15) is 26.4 Å². The lowest BCUT2D eigenvalue weighted by atomic mass is 10.2. The Hall–Kier alpha value is -2.32.